The van der Waals surface area contributed by atoms with Crippen molar-refractivity contribution in [3.63, 3.8) is 0 Å². The summed E-state index contributed by atoms with van der Waals surface area (Å²) in [7, 11) is 0. The summed E-state index contributed by atoms with van der Waals surface area (Å²) >= 11 is 6.05. The summed E-state index contributed by atoms with van der Waals surface area (Å²) in [6.07, 6.45) is 0.0297. The lowest BCUT2D eigenvalue weighted by atomic mass is 10.0. The lowest BCUT2D eigenvalue weighted by Gasteiger charge is -2.21. The first kappa shape index (κ1) is 13.0. The van der Waals surface area contributed by atoms with Gasteiger partial charge in [-0.2, -0.15) is 0 Å². The molecule has 0 saturated carbocycles. The molecule has 0 amide bonds. The fourth-order valence-corrected chi connectivity index (χ4v) is 1.86. The highest BCUT2D eigenvalue weighted by Gasteiger charge is 2.18. The topological polar surface area (TPSA) is 49.3 Å². The van der Waals surface area contributed by atoms with E-state index < -0.39 is 5.97 Å². The summed E-state index contributed by atoms with van der Waals surface area (Å²) in [5.74, 6) is -0.835. The summed E-state index contributed by atoms with van der Waals surface area (Å²) in [4.78, 5) is 10.8. The number of carbonyl (C=O) groups is 1. The van der Waals surface area contributed by atoms with Crippen molar-refractivity contribution in [2.45, 2.75) is 32.4 Å². The quantitative estimate of drug-likeness (QED) is 0.834. The molecule has 0 heterocycles. The molecule has 1 aromatic rings. The van der Waals surface area contributed by atoms with Crippen LogP contribution in [0.2, 0.25) is 5.02 Å². The van der Waals surface area contributed by atoms with Crippen molar-refractivity contribution < 1.29 is 9.90 Å². The second-order valence-electron chi connectivity index (χ2n) is 3.99. The minimum absolute atomic E-state index is 0.0297. The van der Waals surface area contributed by atoms with Crippen molar-refractivity contribution in [2.24, 2.45) is 0 Å². The van der Waals surface area contributed by atoms with Crippen LogP contribution in [0.25, 0.3) is 0 Å². The maximum Gasteiger partial charge on any atom is 0.305 e. The summed E-state index contributed by atoms with van der Waals surface area (Å²) in [6.45, 7) is 3.96. The van der Waals surface area contributed by atoms with Gasteiger partial charge < -0.3 is 10.4 Å². The number of benzene rings is 1. The van der Waals surface area contributed by atoms with Gasteiger partial charge in [-0.15, -0.1) is 0 Å². The van der Waals surface area contributed by atoms with Gasteiger partial charge in [0.2, 0.25) is 0 Å². The third-order valence-electron chi connectivity index (χ3n) is 2.19. The van der Waals surface area contributed by atoms with E-state index in [1.165, 1.54) is 0 Å². The number of carboxylic acid groups (broad SMARTS) is 1. The molecule has 0 saturated heterocycles. The number of nitrogens with one attached hydrogen (secondary N) is 1. The standard InChI is InChI=1S/C12H16ClNO2/c1-8(2)14-11(7-12(15)16)9-5-3-4-6-10(9)13/h3-6,8,11,14H,7H2,1-2H3,(H,15,16). The number of carboxylic acids is 1. The molecule has 0 aliphatic heterocycles. The zero-order valence-electron chi connectivity index (χ0n) is 9.40. The van der Waals surface area contributed by atoms with Crippen LogP contribution in [0.3, 0.4) is 0 Å². The molecular weight excluding hydrogens is 226 g/mol. The zero-order valence-corrected chi connectivity index (χ0v) is 10.2. The number of aliphatic carboxylic acids is 1. The van der Waals surface area contributed by atoms with Gasteiger partial charge in [-0.25, -0.2) is 0 Å². The van der Waals surface area contributed by atoms with Gasteiger partial charge in [0.25, 0.3) is 0 Å². The second kappa shape index (κ2) is 5.87. The molecular formula is C12H16ClNO2. The van der Waals surface area contributed by atoms with E-state index in [0.717, 1.165) is 5.56 Å². The number of halogens is 1. The highest BCUT2D eigenvalue weighted by Crippen LogP contribution is 2.25. The predicted octanol–water partition coefficient (Wildman–Crippen LogP) is 2.85. The summed E-state index contributed by atoms with van der Waals surface area (Å²) in [6, 6.07) is 7.28. The molecule has 0 aliphatic carbocycles. The maximum absolute atomic E-state index is 10.8. The predicted molar refractivity (Wildman–Crippen MR) is 64.7 cm³/mol. The summed E-state index contributed by atoms with van der Waals surface area (Å²) in [5.41, 5.74) is 0.834. The number of hydrogen-bond acceptors (Lipinski definition) is 2. The Labute approximate surface area is 100 Å². The largest absolute Gasteiger partial charge is 0.481 e. The van der Waals surface area contributed by atoms with Crippen LogP contribution < -0.4 is 5.32 Å². The monoisotopic (exact) mass is 241 g/mol. The van der Waals surface area contributed by atoms with E-state index >= 15 is 0 Å². The Balaban J connectivity index is 2.91. The average molecular weight is 242 g/mol. The molecule has 0 bridgehead atoms. The molecule has 0 fully saturated rings. The molecule has 0 radical (unpaired) electrons. The van der Waals surface area contributed by atoms with Crippen molar-refractivity contribution >= 4 is 17.6 Å². The van der Waals surface area contributed by atoms with Crippen molar-refractivity contribution in [3.8, 4) is 0 Å². The SMILES string of the molecule is CC(C)NC(CC(=O)O)c1ccccc1Cl. The molecule has 3 nitrogen and oxygen atoms in total. The lowest BCUT2D eigenvalue weighted by molar-refractivity contribution is -0.137. The molecule has 0 spiro atoms. The van der Waals surface area contributed by atoms with Crippen LogP contribution >= 0.6 is 11.6 Å². The Hall–Kier alpha value is -1.06. The molecule has 1 rings (SSSR count). The number of rotatable bonds is 5. The molecule has 4 heteroatoms. The van der Waals surface area contributed by atoms with Crippen LogP contribution in [0.5, 0.6) is 0 Å². The lowest BCUT2D eigenvalue weighted by Crippen LogP contribution is -2.30. The van der Waals surface area contributed by atoms with Crippen LogP contribution in [0.15, 0.2) is 24.3 Å². The van der Waals surface area contributed by atoms with Gasteiger partial charge in [-0.3, -0.25) is 4.79 Å². The second-order valence-corrected chi connectivity index (χ2v) is 4.40. The fraction of sp³-hybridized carbons (Fsp3) is 0.417. The Morgan fingerprint density at radius 3 is 2.56 bits per heavy atom. The van der Waals surface area contributed by atoms with Crippen LogP contribution in [0.4, 0.5) is 0 Å². The van der Waals surface area contributed by atoms with Gasteiger partial charge in [-0.05, 0) is 11.6 Å². The fourth-order valence-electron chi connectivity index (χ4n) is 1.59. The highest BCUT2D eigenvalue weighted by atomic mass is 35.5. The minimum Gasteiger partial charge on any atom is -0.481 e. The zero-order chi connectivity index (χ0) is 12.1. The van der Waals surface area contributed by atoms with Gasteiger partial charge in [-0.1, -0.05) is 43.6 Å². The minimum atomic E-state index is -0.835. The first-order valence-corrected chi connectivity index (χ1v) is 5.60. The van der Waals surface area contributed by atoms with Crippen molar-refractivity contribution in [1.82, 2.24) is 5.32 Å². The third-order valence-corrected chi connectivity index (χ3v) is 2.54. The van der Waals surface area contributed by atoms with Crippen LogP contribution in [0, 0.1) is 0 Å². The Kier molecular flexibility index (Phi) is 4.77. The van der Waals surface area contributed by atoms with Gasteiger partial charge >= 0.3 is 5.97 Å². The van der Waals surface area contributed by atoms with E-state index in [9.17, 15) is 4.79 Å². The molecule has 88 valence electrons. The van der Waals surface area contributed by atoms with Gasteiger partial charge in [0.15, 0.2) is 0 Å². The van der Waals surface area contributed by atoms with E-state index in [4.69, 9.17) is 16.7 Å². The molecule has 1 atom stereocenters. The maximum atomic E-state index is 10.8. The van der Waals surface area contributed by atoms with E-state index in [1.54, 1.807) is 6.07 Å². The Morgan fingerprint density at radius 2 is 2.06 bits per heavy atom. The number of hydrogen-bond donors (Lipinski definition) is 2. The van der Waals surface area contributed by atoms with Crippen LogP contribution in [-0.2, 0) is 4.79 Å². The normalized spacial score (nSPS) is 12.8. The first-order valence-electron chi connectivity index (χ1n) is 5.23. The molecule has 0 aromatic heterocycles. The van der Waals surface area contributed by atoms with Crippen molar-refractivity contribution in [2.75, 3.05) is 0 Å². The molecule has 1 aromatic carbocycles. The van der Waals surface area contributed by atoms with E-state index in [-0.39, 0.29) is 18.5 Å². The third kappa shape index (κ3) is 3.83. The van der Waals surface area contributed by atoms with Gasteiger partial charge in [0.1, 0.15) is 0 Å². The van der Waals surface area contributed by atoms with Crippen molar-refractivity contribution in [3.05, 3.63) is 34.9 Å². The molecule has 2 N–H and O–H groups in total. The Morgan fingerprint density at radius 1 is 1.44 bits per heavy atom. The smallest absolute Gasteiger partial charge is 0.305 e. The van der Waals surface area contributed by atoms with E-state index in [1.807, 2.05) is 32.0 Å². The Bertz CT molecular complexity index is 366. The average Bonchev–Trinajstić information content (AvgIpc) is 2.15. The summed E-state index contributed by atoms with van der Waals surface area (Å²) in [5, 5.41) is 12.7. The molecule has 1 unspecified atom stereocenters. The first-order chi connectivity index (χ1) is 7.50. The van der Waals surface area contributed by atoms with Gasteiger partial charge in [0, 0.05) is 17.1 Å². The molecule has 0 aliphatic rings. The molecule has 16 heavy (non-hydrogen) atoms. The highest BCUT2D eigenvalue weighted by molar-refractivity contribution is 6.31. The van der Waals surface area contributed by atoms with E-state index in [2.05, 4.69) is 5.32 Å². The summed E-state index contributed by atoms with van der Waals surface area (Å²) < 4.78 is 0. The van der Waals surface area contributed by atoms with Crippen molar-refractivity contribution in [1.29, 1.82) is 0 Å². The van der Waals surface area contributed by atoms with Crippen LogP contribution in [-0.4, -0.2) is 17.1 Å². The van der Waals surface area contributed by atoms with E-state index in [0.29, 0.717) is 5.02 Å². The van der Waals surface area contributed by atoms with Crippen LogP contribution in [0.1, 0.15) is 31.9 Å². The van der Waals surface area contributed by atoms with Gasteiger partial charge in [0.05, 0.1) is 6.42 Å².